The molecule has 27 heavy (non-hydrogen) atoms. The Morgan fingerprint density at radius 1 is 1.22 bits per heavy atom. The topological polar surface area (TPSA) is 117 Å². The summed E-state index contributed by atoms with van der Waals surface area (Å²) >= 11 is 0. The van der Waals surface area contributed by atoms with E-state index in [1.807, 2.05) is 6.92 Å². The summed E-state index contributed by atoms with van der Waals surface area (Å²) in [4.78, 5) is 18.8. The fourth-order valence-corrected chi connectivity index (χ4v) is 2.44. The standard InChI is InChI=1S/C17H20FN3O6/c1-4-5-27-9-10-6-11(18)7-12(15(10)21(23)24)16(22)17-19-13(25-2)8-14(20-17)26-3/h6-8,16,22H,4-5,9H2,1-3H3. The first kappa shape index (κ1) is 20.5. The molecule has 1 atom stereocenters. The van der Waals surface area contributed by atoms with Gasteiger partial charge in [-0.3, -0.25) is 10.1 Å². The molecule has 0 saturated carbocycles. The SMILES string of the molecule is CCCOCc1cc(F)cc(C(O)c2nc(OC)cc(OC)n2)c1[N+](=O)[O-]. The summed E-state index contributed by atoms with van der Waals surface area (Å²) in [5.74, 6) is -0.803. The number of ether oxygens (including phenoxy) is 3. The first-order valence-electron chi connectivity index (χ1n) is 8.10. The van der Waals surface area contributed by atoms with Crippen molar-refractivity contribution < 1.29 is 28.6 Å². The van der Waals surface area contributed by atoms with Crippen LogP contribution in [-0.2, 0) is 11.3 Å². The molecule has 0 amide bonds. The van der Waals surface area contributed by atoms with Gasteiger partial charge in [0.25, 0.3) is 5.69 Å². The van der Waals surface area contributed by atoms with Crippen LogP contribution in [0, 0.1) is 15.9 Å². The largest absolute Gasteiger partial charge is 0.481 e. The molecule has 0 radical (unpaired) electrons. The highest BCUT2D eigenvalue weighted by Gasteiger charge is 2.29. The summed E-state index contributed by atoms with van der Waals surface area (Å²) in [6.07, 6.45) is -0.967. The van der Waals surface area contributed by atoms with Crippen LogP contribution in [0.2, 0.25) is 0 Å². The number of aliphatic hydroxyl groups excluding tert-OH is 1. The van der Waals surface area contributed by atoms with E-state index in [2.05, 4.69) is 9.97 Å². The lowest BCUT2D eigenvalue weighted by atomic mass is 10.0. The Hall–Kier alpha value is -2.85. The molecule has 10 heteroatoms. The van der Waals surface area contributed by atoms with E-state index in [0.717, 1.165) is 12.1 Å². The van der Waals surface area contributed by atoms with Crippen LogP contribution in [-0.4, -0.2) is 40.8 Å². The number of hydrogen-bond donors (Lipinski definition) is 1. The maximum absolute atomic E-state index is 14.1. The molecule has 2 aromatic rings. The maximum atomic E-state index is 14.1. The lowest BCUT2D eigenvalue weighted by Crippen LogP contribution is -2.12. The summed E-state index contributed by atoms with van der Waals surface area (Å²) in [5.41, 5.74) is -0.729. The molecule has 1 heterocycles. The van der Waals surface area contributed by atoms with Gasteiger partial charge >= 0.3 is 0 Å². The van der Waals surface area contributed by atoms with Crippen LogP contribution in [0.25, 0.3) is 0 Å². The molecule has 1 aromatic carbocycles. The molecule has 0 bridgehead atoms. The Balaban J connectivity index is 2.54. The first-order valence-corrected chi connectivity index (χ1v) is 8.10. The number of aromatic nitrogens is 2. The molecule has 0 aliphatic carbocycles. The zero-order chi connectivity index (χ0) is 20.0. The van der Waals surface area contributed by atoms with Gasteiger partial charge in [0, 0.05) is 6.61 Å². The smallest absolute Gasteiger partial charge is 0.281 e. The number of hydrogen-bond acceptors (Lipinski definition) is 8. The Morgan fingerprint density at radius 3 is 2.37 bits per heavy atom. The Morgan fingerprint density at radius 2 is 1.85 bits per heavy atom. The van der Waals surface area contributed by atoms with Gasteiger partial charge in [-0.2, -0.15) is 9.97 Å². The molecule has 2 rings (SSSR count). The van der Waals surface area contributed by atoms with Crippen molar-refractivity contribution in [1.82, 2.24) is 9.97 Å². The normalized spacial score (nSPS) is 11.9. The number of nitro benzene ring substituents is 1. The molecule has 146 valence electrons. The zero-order valence-electron chi connectivity index (χ0n) is 15.1. The van der Waals surface area contributed by atoms with Crippen molar-refractivity contribution in [3.63, 3.8) is 0 Å². The van der Waals surface area contributed by atoms with Crippen LogP contribution >= 0.6 is 0 Å². The number of methoxy groups -OCH3 is 2. The van der Waals surface area contributed by atoms with E-state index in [9.17, 15) is 19.6 Å². The van der Waals surface area contributed by atoms with Crippen LogP contribution in [0.3, 0.4) is 0 Å². The molecular formula is C17H20FN3O6. The van der Waals surface area contributed by atoms with Gasteiger partial charge in [0.1, 0.15) is 11.9 Å². The second kappa shape index (κ2) is 9.19. The quantitative estimate of drug-likeness (QED) is 0.400. The van der Waals surface area contributed by atoms with Crippen LogP contribution in [0.5, 0.6) is 11.8 Å². The average Bonchev–Trinajstić information content (AvgIpc) is 2.66. The van der Waals surface area contributed by atoms with Crippen LogP contribution in [0.15, 0.2) is 18.2 Å². The number of nitro groups is 1. The molecule has 1 unspecified atom stereocenters. The minimum Gasteiger partial charge on any atom is -0.481 e. The van der Waals surface area contributed by atoms with Crippen molar-refractivity contribution in [2.45, 2.75) is 26.1 Å². The van der Waals surface area contributed by atoms with Gasteiger partial charge in [-0.05, 0) is 18.6 Å². The van der Waals surface area contributed by atoms with Gasteiger partial charge in [-0.25, -0.2) is 4.39 Å². The van der Waals surface area contributed by atoms with E-state index in [4.69, 9.17) is 14.2 Å². The highest BCUT2D eigenvalue weighted by atomic mass is 19.1. The van der Waals surface area contributed by atoms with Gasteiger partial charge < -0.3 is 19.3 Å². The van der Waals surface area contributed by atoms with E-state index in [0.29, 0.717) is 13.0 Å². The van der Waals surface area contributed by atoms with Gasteiger partial charge in [-0.1, -0.05) is 6.92 Å². The number of halogens is 1. The third kappa shape index (κ3) is 4.86. The van der Waals surface area contributed by atoms with E-state index in [1.54, 1.807) is 0 Å². The molecule has 0 saturated heterocycles. The van der Waals surface area contributed by atoms with Crippen LogP contribution < -0.4 is 9.47 Å². The van der Waals surface area contributed by atoms with Gasteiger partial charge in [0.2, 0.25) is 11.8 Å². The molecular weight excluding hydrogens is 361 g/mol. The van der Waals surface area contributed by atoms with Crippen molar-refractivity contribution in [2.24, 2.45) is 0 Å². The number of nitrogens with zero attached hydrogens (tertiary/aromatic N) is 3. The number of rotatable bonds is 9. The molecule has 9 nitrogen and oxygen atoms in total. The summed E-state index contributed by atoms with van der Waals surface area (Å²) in [7, 11) is 2.71. The summed E-state index contributed by atoms with van der Waals surface area (Å²) in [6.45, 7) is 2.08. The van der Waals surface area contributed by atoms with E-state index in [1.165, 1.54) is 20.3 Å². The van der Waals surface area contributed by atoms with Crippen LogP contribution in [0.4, 0.5) is 10.1 Å². The second-order valence-corrected chi connectivity index (χ2v) is 5.53. The maximum Gasteiger partial charge on any atom is 0.281 e. The minimum atomic E-state index is -1.67. The highest BCUT2D eigenvalue weighted by molar-refractivity contribution is 5.50. The molecule has 0 fully saturated rings. The molecule has 0 aliphatic rings. The fourth-order valence-electron chi connectivity index (χ4n) is 2.44. The monoisotopic (exact) mass is 381 g/mol. The Kier molecular flexibility index (Phi) is 6.97. The van der Waals surface area contributed by atoms with Gasteiger partial charge in [0.15, 0.2) is 5.82 Å². The average molecular weight is 381 g/mol. The van der Waals surface area contributed by atoms with Crippen LogP contribution in [0.1, 0.15) is 36.4 Å². The van der Waals surface area contributed by atoms with Crippen molar-refractivity contribution in [3.05, 3.63) is 51.1 Å². The third-order valence-corrected chi connectivity index (χ3v) is 3.63. The van der Waals surface area contributed by atoms with Crippen molar-refractivity contribution in [3.8, 4) is 11.8 Å². The Bertz CT molecular complexity index is 795. The fraction of sp³-hybridized carbons (Fsp3) is 0.412. The zero-order valence-corrected chi connectivity index (χ0v) is 15.1. The van der Waals surface area contributed by atoms with E-state index in [-0.39, 0.29) is 35.3 Å². The summed E-state index contributed by atoms with van der Waals surface area (Å²) < 4.78 is 29.4. The van der Waals surface area contributed by atoms with Crippen molar-refractivity contribution >= 4 is 5.69 Å². The molecule has 1 N–H and O–H groups in total. The summed E-state index contributed by atoms with van der Waals surface area (Å²) in [6, 6.07) is 3.26. The Labute approximate surface area is 154 Å². The summed E-state index contributed by atoms with van der Waals surface area (Å²) in [5, 5.41) is 22.2. The number of aliphatic hydroxyl groups is 1. The predicted octanol–water partition coefficient (Wildman–Crippen LogP) is 2.55. The molecule has 1 aromatic heterocycles. The first-order chi connectivity index (χ1) is 12.9. The lowest BCUT2D eigenvalue weighted by Gasteiger charge is -2.14. The predicted molar refractivity (Wildman–Crippen MR) is 92.2 cm³/mol. The van der Waals surface area contributed by atoms with Crippen molar-refractivity contribution in [1.29, 1.82) is 0 Å². The molecule has 0 spiro atoms. The third-order valence-electron chi connectivity index (χ3n) is 3.63. The number of benzene rings is 1. The lowest BCUT2D eigenvalue weighted by molar-refractivity contribution is -0.387. The second-order valence-electron chi connectivity index (χ2n) is 5.53. The minimum absolute atomic E-state index is 0.0114. The van der Waals surface area contributed by atoms with E-state index >= 15 is 0 Å². The molecule has 0 aliphatic heterocycles. The van der Waals surface area contributed by atoms with Gasteiger partial charge in [0.05, 0.1) is 42.9 Å². The van der Waals surface area contributed by atoms with Gasteiger partial charge in [-0.15, -0.1) is 0 Å². The highest BCUT2D eigenvalue weighted by Crippen LogP contribution is 2.34. The van der Waals surface area contributed by atoms with Crippen molar-refractivity contribution in [2.75, 3.05) is 20.8 Å². The van der Waals surface area contributed by atoms with E-state index < -0.39 is 22.5 Å².